The normalized spacial score (nSPS) is 22.1. The van der Waals surface area contributed by atoms with Crippen molar-refractivity contribution in [1.29, 1.82) is 0 Å². The van der Waals surface area contributed by atoms with Crippen LogP contribution in [0.2, 0.25) is 0 Å². The lowest BCUT2D eigenvalue weighted by Gasteiger charge is -2.15. The lowest BCUT2D eigenvalue weighted by Crippen LogP contribution is -2.19. The summed E-state index contributed by atoms with van der Waals surface area (Å²) in [5, 5.41) is 22.9. The van der Waals surface area contributed by atoms with E-state index in [1.165, 1.54) is 0 Å². The molecule has 2 atom stereocenters. The monoisotopic (exact) mass is 271 g/mol. The van der Waals surface area contributed by atoms with Crippen LogP contribution in [0.3, 0.4) is 0 Å². The molecule has 5 heteroatoms. The first-order valence-corrected chi connectivity index (χ1v) is 6.86. The highest BCUT2D eigenvalue weighted by atomic mass is 16.4. The Hall–Kier alpha value is -2.17. The van der Waals surface area contributed by atoms with Crippen LogP contribution < -0.4 is 5.32 Å². The summed E-state index contributed by atoms with van der Waals surface area (Å²) in [7, 11) is 0. The van der Waals surface area contributed by atoms with E-state index in [1.807, 2.05) is 31.2 Å². The van der Waals surface area contributed by atoms with Crippen molar-refractivity contribution in [3.63, 3.8) is 0 Å². The molecule has 1 fully saturated rings. The first-order chi connectivity index (χ1) is 9.65. The first-order valence-electron chi connectivity index (χ1n) is 6.86. The molecule has 0 amide bonds. The molecule has 2 N–H and O–H groups in total. The minimum Gasteiger partial charge on any atom is -0.481 e. The predicted octanol–water partition coefficient (Wildman–Crippen LogP) is 2.60. The number of fused-ring (bicyclic) bond motifs is 1. The molecule has 1 aromatic heterocycles. The van der Waals surface area contributed by atoms with E-state index in [1.54, 1.807) is 0 Å². The summed E-state index contributed by atoms with van der Waals surface area (Å²) in [4.78, 5) is 11.0. The molecule has 2 aromatic rings. The Kier molecular flexibility index (Phi) is 3.26. The molecule has 0 spiro atoms. The quantitative estimate of drug-likeness (QED) is 0.897. The van der Waals surface area contributed by atoms with Crippen molar-refractivity contribution in [1.82, 2.24) is 10.2 Å². The fourth-order valence-corrected chi connectivity index (χ4v) is 2.87. The summed E-state index contributed by atoms with van der Waals surface area (Å²) in [5.74, 6) is -0.187. The number of carboxylic acids is 1. The van der Waals surface area contributed by atoms with Gasteiger partial charge in [0.15, 0.2) is 5.82 Å². The van der Waals surface area contributed by atoms with E-state index in [0.29, 0.717) is 6.42 Å². The summed E-state index contributed by atoms with van der Waals surface area (Å²) in [6, 6.07) is 8.17. The van der Waals surface area contributed by atoms with Gasteiger partial charge in [-0.25, -0.2) is 0 Å². The van der Waals surface area contributed by atoms with Gasteiger partial charge in [-0.15, -0.1) is 5.10 Å². The third kappa shape index (κ3) is 2.31. The van der Waals surface area contributed by atoms with Crippen molar-refractivity contribution in [2.75, 3.05) is 5.32 Å². The maximum Gasteiger partial charge on any atom is 0.306 e. The predicted molar refractivity (Wildman–Crippen MR) is 76.7 cm³/mol. The summed E-state index contributed by atoms with van der Waals surface area (Å²) in [6.45, 7) is 1.94. The number of carbonyl (C=O) groups is 1. The van der Waals surface area contributed by atoms with E-state index in [-0.39, 0.29) is 12.0 Å². The van der Waals surface area contributed by atoms with Crippen LogP contribution in [0.15, 0.2) is 24.3 Å². The molecule has 104 valence electrons. The summed E-state index contributed by atoms with van der Waals surface area (Å²) >= 11 is 0. The smallest absolute Gasteiger partial charge is 0.306 e. The van der Waals surface area contributed by atoms with Gasteiger partial charge in [0, 0.05) is 16.8 Å². The Morgan fingerprint density at radius 3 is 2.70 bits per heavy atom. The fourth-order valence-electron chi connectivity index (χ4n) is 2.87. The van der Waals surface area contributed by atoms with Crippen LogP contribution >= 0.6 is 0 Å². The minimum atomic E-state index is -0.700. The first kappa shape index (κ1) is 12.8. The summed E-state index contributed by atoms with van der Waals surface area (Å²) in [6.07, 6.45) is 2.24. The number of rotatable bonds is 3. The molecule has 1 aromatic carbocycles. The zero-order valence-corrected chi connectivity index (χ0v) is 11.3. The molecule has 0 aliphatic heterocycles. The highest BCUT2D eigenvalue weighted by Crippen LogP contribution is 2.30. The average molecular weight is 271 g/mol. The van der Waals surface area contributed by atoms with E-state index < -0.39 is 5.97 Å². The summed E-state index contributed by atoms with van der Waals surface area (Å²) in [5.41, 5.74) is 0.904. The van der Waals surface area contributed by atoms with Gasteiger partial charge in [0.1, 0.15) is 0 Å². The lowest BCUT2D eigenvalue weighted by atomic mass is 10.1. The van der Waals surface area contributed by atoms with Crippen molar-refractivity contribution in [3.8, 4) is 0 Å². The highest BCUT2D eigenvalue weighted by Gasteiger charge is 2.30. The molecule has 3 rings (SSSR count). The highest BCUT2D eigenvalue weighted by molar-refractivity contribution is 5.92. The second-order valence-corrected chi connectivity index (χ2v) is 5.37. The Balaban J connectivity index is 1.85. The van der Waals surface area contributed by atoms with E-state index in [4.69, 9.17) is 5.11 Å². The number of carboxylic acid groups (broad SMARTS) is 1. The Bertz CT molecular complexity index is 657. The van der Waals surface area contributed by atoms with Crippen LogP contribution in [0.5, 0.6) is 0 Å². The van der Waals surface area contributed by atoms with Gasteiger partial charge in [-0.1, -0.05) is 24.3 Å². The SMILES string of the molecule is Cc1nnc(N[C@H]2CC[C@@H](C(=O)O)C2)c2ccccc12. The van der Waals surface area contributed by atoms with Crippen molar-refractivity contribution < 1.29 is 9.90 Å². The fraction of sp³-hybridized carbons (Fsp3) is 0.400. The van der Waals surface area contributed by atoms with Gasteiger partial charge in [0.2, 0.25) is 0 Å². The largest absolute Gasteiger partial charge is 0.481 e. The molecule has 0 unspecified atom stereocenters. The standard InChI is InChI=1S/C15H17N3O2/c1-9-12-4-2-3-5-13(12)14(18-17-9)16-11-7-6-10(8-11)15(19)20/h2-5,10-11H,6-8H2,1H3,(H,16,18)(H,19,20)/t10-,11+/m1/s1. The van der Waals surface area contributed by atoms with Crippen LogP contribution in [0, 0.1) is 12.8 Å². The number of anilines is 1. The number of aryl methyl sites for hydroxylation is 1. The average Bonchev–Trinajstić information content (AvgIpc) is 2.91. The molecule has 5 nitrogen and oxygen atoms in total. The molecule has 1 aliphatic carbocycles. The van der Waals surface area contributed by atoms with Crippen LogP contribution in [-0.2, 0) is 4.79 Å². The number of aromatic nitrogens is 2. The van der Waals surface area contributed by atoms with Gasteiger partial charge in [-0.3, -0.25) is 4.79 Å². The maximum absolute atomic E-state index is 11.0. The number of benzene rings is 1. The zero-order chi connectivity index (χ0) is 14.1. The molecular formula is C15H17N3O2. The van der Waals surface area contributed by atoms with E-state index >= 15 is 0 Å². The van der Waals surface area contributed by atoms with Crippen molar-refractivity contribution in [3.05, 3.63) is 30.0 Å². The molecule has 20 heavy (non-hydrogen) atoms. The van der Waals surface area contributed by atoms with E-state index in [9.17, 15) is 4.79 Å². The third-order valence-corrected chi connectivity index (χ3v) is 3.99. The van der Waals surface area contributed by atoms with Gasteiger partial charge in [-0.05, 0) is 26.2 Å². The van der Waals surface area contributed by atoms with Gasteiger partial charge in [-0.2, -0.15) is 5.10 Å². The van der Waals surface area contributed by atoms with Gasteiger partial charge in [0.05, 0.1) is 11.6 Å². The van der Waals surface area contributed by atoms with Crippen LogP contribution in [0.1, 0.15) is 25.0 Å². The molecular weight excluding hydrogens is 254 g/mol. The van der Waals surface area contributed by atoms with Gasteiger partial charge >= 0.3 is 5.97 Å². The van der Waals surface area contributed by atoms with Gasteiger partial charge < -0.3 is 10.4 Å². The molecule has 0 bridgehead atoms. The number of nitrogens with one attached hydrogen (secondary N) is 1. The Morgan fingerprint density at radius 2 is 2.00 bits per heavy atom. The Morgan fingerprint density at radius 1 is 1.25 bits per heavy atom. The minimum absolute atomic E-state index is 0.163. The number of hydrogen-bond acceptors (Lipinski definition) is 4. The van der Waals surface area contributed by atoms with Crippen molar-refractivity contribution in [2.24, 2.45) is 5.92 Å². The zero-order valence-electron chi connectivity index (χ0n) is 11.3. The van der Waals surface area contributed by atoms with Crippen LogP contribution in [-0.4, -0.2) is 27.3 Å². The second-order valence-electron chi connectivity index (χ2n) is 5.37. The number of aliphatic carboxylic acids is 1. The van der Waals surface area contributed by atoms with Crippen LogP contribution in [0.4, 0.5) is 5.82 Å². The number of hydrogen-bond donors (Lipinski definition) is 2. The number of nitrogens with zero attached hydrogens (tertiary/aromatic N) is 2. The molecule has 1 aliphatic rings. The van der Waals surface area contributed by atoms with Crippen LogP contribution in [0.25, 0.3) is 10.8 Å². The Labute approximate surface area is 117 Å². The molecule has 0 saturated heterocycles. The third-order valence-electron chi connectivity index (χ3n) is 3.99. The lowest BCUT2D eigenvalue weighted by molar-refractivity contribution is -0.141. The van der Waals surface area contributed by atoms with Crippen molar-refractivity contribution in [2.45, 2.75) is 32.2 Å². The maximum atomic E-state index is 11.0. The van der Waals surface area contributed by atoms with Gasteiger partial charge in [0.25, 0.3) is 0 Å². The van der Waals surface area contributed by atoms with E-state index in [2.05, 4.69) is 15.5 Å². The van der Waals surface area contributed by atoms with E-state index in [0.717, 1.165) is 35.1 Å². The summed E-state index contributed by atoms with van der Waals surface area (Å²) < 4.78 is 0. The molecule has 1 heterocycles. The topological polar surface area (TPSA) is 75.1 Å². The van der Waals surface area contributed by atoms with Crippen molar-refractivity contribution >= 4 is 22.6 Å². The molecule has 0 radical (unpaired) electrons. The molecule has 1 saturated carbocycles. The second kappa shape index (κ2) is 5.07.